The van der Waals surface area contributed by atoms with Crippen molar-refractivity contribution in [3.8, 4) is 34.0 Å². The summed E-state index contributed by atoms with van der Waals surface area (Å²) in [5, 5.41) is 13.3. The number of nitrogens with zero attached hydrogens (tertiary/aromatic N) is 4. The fraction of sp³-hybridized carbons (Fsp3) is 0.125. The number of para-hydroxylation sites is 1. The number of ether oxygens (including phenoxy) is 1. The highest BCUT2D eigenvalue weighted by atomic mass is 19.1. The Morgan fingerprint density at radius 2 is 1.66 bits per heavy atom. The second-order valence-corrected chi connectivity index (χ2v) is 9.60. The lowest BCUT2D eigenvalue weighted by atomic mass is 10.1. The van der Waals surface area contributed by atoms with Crippen molar-refractivity contribution in [3.63, 3.8) is 0 Å². The van der Waals surface area contributed by atoms with Crippen LogP contribution in [-0.4, -0.2) is 42.8 Å². The molecule has 41 heavy (non-hydrogen) atoms. The molecular weight excluding hydrogens is 521 g/mol. The molecule has 2 N–H and O–H groups in total. The molecule has 1 saturated heterocycles. The number of esters is 1. The van der Waals surface area contributed by atoms with Gasteiger partial charge in [-0.15, -0.1) is 0 Å². The number of carbonyl (C=O) groups is 1. The number of aliphatic hydroxyl groups is 1. The predicted molar refractivity (Wildman–Crippen MR) is 154 cm³/mol. The molecule has 8 nitrogen and oxygen atoms in total. The SMILES string of the molecule is O=C1CC(O)CC(/C=C/n2c(-c3ccccc3)nc(-c3ccnc(Nc4ccccc4)n3)c2-c2ccc(F)cc2)O1. The highest BCUT2D eigenvalue weighted by Crippen LogP contribution is 2.36. The molecule has 9 heteroatoms. The first-order valence-electron chi connectivity index (χ1n) is 13.2. The van der Waals surface area contributed by atoms with Crippen LogP contribution in [0.5, 0.6) is 0 Å². The van der Waals surface area contributed by atoms with Crippen LogP contribution in [0.3, 0.4) is 0 Å². The Balaban J connectivity index is 1.51. The summed E-state index contributed by atoms with van der Waals surface area (Å²) in [6, 6.07) is 27.2. The summed E-state index contributed by atoms with van der Waals surface area (Å²) in [6.45, 7) is 0. The number of hydrogen-bond donors (Lipinski definition) is 2. The number of hydrogen-bond acceptors (Lipinski definition) is 7. The molecule has 5 aromatic rings. The van der Waals surface area contributed by atoms with Gasteiger partial charge in [-0.2, -0.15) is 0 Å². The first-order chi connectivity index (χ1) is 20.0. The first-order valence-corrected chi connectivity index (χ1v) is 13.2. The zero-order valence-electron chi connectivity index (χ0n) is 21.9. The number of imidazole rings is 1. The molecule has 0 bridgehead atoms. The number of aromatic nitrogens is 4. The van der Waals surface area contributed by atoms with E-state index in [1.165, 1.54) is 12.1 Å². The Bertz CT molecular complexity index is 1690. The minimum atomic E-state index is -0.772. The molecule has 1 aliphatic rings. The van der Waals surface area contributed by atoms with Crippen LogP contribution in [-0.2, 0) is 9.53 Å². The van der Waals surface area contributed by atoms with Crippen molar-refractivity contribution in [2.75, 3.05) is 5.32 Å². The topological polar surface area (TPSA) is 102 Å². The Kier molecular flexibility index (Phi) is 7.34. The van der Waals surface area contributed by atoms with Gasteiger partial charge < -0.3 is 15.2 Å². The molecule has 2 atom stereocenters. The van der Waals surface area contributed by atoms with Crippen molar-refractivity contribution in [2.24, 2.45) is 0 Å². The number of aliphatic hydroxyl groups excluding tert-OH is 1. The van der Waals surface area contributed by atoms with Crippen molar-refractivity contribution in [1.29, 1.82) is 0 Å². The Hall–Kier alpha value is -5.15. The molecule has 0 amide bonds. The quantitative estimate of drug-likeness (QED) is 0.238. The van der Waals surface area contributed by atoms with Gasteiger partial charge in [-0.25, -0.2) is 19.3 Å². The van der Waals surface area contributed by atoms with Gasteiger partial charge in [-0.3, -0.25) is 9.36 Å². The van der Waals surface area contributed by atoms with Crippen LogP contribution in [0.2, 0.25) is 0 Å². The third kappa shape index (κ3) is 5.90. The molecule has 0 aliphatic carbocycles. The van der Waals surface area contributed by atoms with Gasteiger partial charge in [0.05, 0.1) is 23.9 Å². The van der Waals surface area contributed by atoms with E-state index < -0.39 is 18.2 Å². The Morgan fingerprint density at radius 3 is 2.39 bits per heavy atom. The van der Waals surface area contributed by atoms with E-state index in [4.69, 9.17) is 14.7 Å². The zero-order valence-corrected chi connectivity index (χ0v) is 21.9. The summed E-state index contributed by atoms with van der Waals surface area (Å²) in [7, 11) is 0. The van der Waals surface area contributed by atoms with E-state index in [0.717, 1.165) is 11.3 Å². The number of rotatable bonds is 7. The van der Waals surface area contributed by atoms with Crippen LogP contribution in [0.4, 0.5) is 16.0 Å². The molecule has 1 aliphatic heterocycles. The second-order valence-electron chi connectivity index (χ2n) is 9.60. The summed E-state index contributed by atoms with van der Waals surface area (Å²) in [6.07, 6.45) is 4.04. The number of benzene rings is 3. The van der Waals surface area contributed by atoms with Gasteiger partial charge >= 0.3 is 5.97 Å². The maximum absolute atomic E-state index is 14.0. The van der Waals surface area contributed by atoms with Crippen molar-refractivity contribution in [2.45, 2.75) is 25.0 Å². The van der Waals surface area contributed by atoms with Crippen LogP contribution >= 0.6 is 0 Å². The van der Waals surface area contributed by atoms with Crippen molar-refractivity contribution < 1.29 is 19.0 Å². The molecule has 204 valence electrons. The predicted octanol–water partition coefficient (Wildman–Crippen LogP) is 6.09. The minimum Gasteiger partial charge on any atom is -0.458 e. The number of anilines is 2. The fourth-order valence-corrected chi connectivity index (χ4v) is 4.74. The summed E-state index contributed by atoms with van der Waals surface area (Å²) >= 11 is 0. The molecule has 3 heterocycles. The number of cyclic esters (lactones) is 1. The van der Waals surface area contributed by atoms with Gasteiger partial charge in [-0.1, -0.05) is 48.5 Å². The first kappa shape index (κ1) is 26.1. The lowest BCUT2D eigenvalue weighted by Gasteiger charge is -2.23. The van der Waals surface area contributed by atoms with Crippen LogP contribution in [0.1, 0.15) is 12.8 Å². The number of carbonyl (C=O) groups excluding carboxylic acids is 1. The Labute approximate surface area is 235 Å². The van der Waals surface area contributed by atoms with Gasteiger partial charge in [0.25, 0.3) is 0 Å². The van der Waals surface area contributed by atoms with Crippen molar-refractivity contribution in [3.05, 3.63) is 109 Å². The van der Waals surface area contributed by atoms with E-state index in [9.17, 15) is 14.3 Å². The lowest BCUT2D eigenvalue weighted by molar-refractivity contribution is -0.156. The average Bonchev–Trinajstić information content (AvgIpc) is 3.37. The van der Waals surface area contributed by atoms with Crippen LogP contribution in [0, 0.1) is 5.82 Å². The molecule has 1 fully saturated rings. The maximum Gasteiger partial charge on any atom is 0.309 e. The summed E-state index contributed by atoms with van der Waals surface area (Å²) in [4.78, 5) is 26.1. The van der Waals surface area contributed by atoms with E-state index in [0.29, 0.717) is 34.4 Å². The highest BCUT2D eigenvalue weighted by Gasteiger charge is 2.26. The summed E-state index contributed by atoms with van der Waals surface area (Å²) < 4.78 is 21.3. The van der Waals surface area contributed by atoms with Gasteiger partial charge in [0, 0.05) is 35.6 Å². The largest absolute Gasteiger partial charge is 0.458 e. The van der Waals surface area contributed by atoms with E-state index in [1.807, 2.05) is 65.2 Å². The third-order valence-corrected chi connectivity index (χ3v) is 6.63. The fourth-order valence-electron chi connectivity index (χ4n) is 4.74. The van der Waals surface area contributed by atoms with E-state index >= 15 is 0 Å². The number of halogens is 1. The van der Waals surface area contributed by atoms with Crippen molar-refractivity contribution >= 4 is 23.8 Å². The normalized spacial score (nSPS) is 17.0. The molecule has 0 spiro atoms. The molecule has 0 radical (unpaired) electrons. The smallest absolute Gasteiger partial charge is 0.309 e. The van der Waals surface area contributed by atoms with Gasteiger partial charge in [0.15, 0.2) is 0 Å². The van der Waals surface area contributed by atoms with E-state index in [1.54, 1.807) is 36.7 Å². The van der Waals surface area contributed by atoms with E-state index in [-0.39, 0.29) is 18.7 Å². The maximum atomic E-state index is 14.0. The van der Waals surface area contributed by atoms with Crippen LogP contribution in [0.25, 0.3) is 40.2 Å². The second kappa shape index (κ2) is 11.5. The van der Waals surface area contributed by atoms with Gasteiger partial charge in [0.1, 0.15) is 23.4 Å². The molecule has 2 unspecified atom stereocenters. The summed E-state index contributed by atoms with van der Waals surface area (Å²) in [5.74, 6) is 0.189. The standard InChI is InChI=1S/C32H26FN5O3/c33-23-13-11-21(12-14-23)30-29(27-15-17-34-32(36-27)35-24-9-5-2-6-10-24)37-31(22-7-3-1-4-8-22)38(30)18-16-26-19-25(39)20-28(40)41-26/h1-18,25-26,39H,19-20H2,(H,34,35,36)/b18-16+. The highest BCUT2D eigenvalue weighted by molar-refractivity contribution is 5.83. The molecule has 3 aromatic carbocycles. The molecular formula is C32H26FN5O3. The molecule has 2 aromatic heterocycles. The molecule has 0 saturated carbocycles. The number of nitrogens with one attached hydrogen (secondary N) is 1. The summed E-state index contributed by atoms with van der Waals surface area (Å²) in [5.41, 5.74) is 4.15. The van der Waals surface area contributed by atoms with Gasteiger partial charge in [-0.05, 0) is 48.5 Å². The van der Waals surface area contributed by atoms with Crippen LogP contribution in [0.15, 0.2) is 103 Å². The third-order valence-electron chi connectivity index (χ3n) is 6.63. The van der Waals surface area contributed by atoms with Crippen molar-refractivity contribution in [1.82, 2.24) is 19.5 Å². The Morgan fingerprint density at radius 1 is 0.927 bits per heavy atom. The van der Waals surface area contributed by atoms with Crippen LogP contribution < -0.4 is 5.32 Å². The lowest BCUT2D eigenvalue weighted by Crippen LogP contribution is -2.31. The monoisotopic (exact) mass is 547 g/mol. The zero-order chi connectivity index (χ0) is 28.2. The van der Waals surface area contributed by atoms with Gasteiger partial charge in [0.2, 0.25) is 5.95 Å². The van der Waals surface area contributed by atoms with E-state index in [2.05, 4.69) is 10.3 Å². The molecule has 6 rings (SSSR count). The average molecular weight is 548 g/mol. The minimum absolute atomic E-state index is 0.0251.